The number of nitrogens with zero attached hydrogens (tertiary/aromatic N) is 5. The minimum absolute atomic E-state index is 0.112. The second-order valence-corrected chi connectivity index (χ2v) is 4.39. The smallest absolute Gasteiger partial charge is 0.350 e. The molecule has 2 aromatic heterocycles. The first-order valence-electron chi connectivity index (χ1n) is 5.56. The fourth-order valence-corrected chi connectivity index (χ4v) is 1.42. The summed E-state index contributed by atoms with van der Waals surface area (Å²) < 4.78 is 2.27. The Morgan fingerprint density at radius 3 is 2.89 bits per heavy atom. The van der Waals surface area contributed by atoms with Crippen molar-refractivity contribution in [3.05, 3.63) is 22.5 Å². The van der Waals surface area contributed by atoms with E-state index in [4.69, 9.17) is 0 Å². The van der Waals surface area contributed by atoms with Crippen LogP contribution >= 0.6 is 0 Å². The second kappa shape index (κ2) is 4.55. The topological polar surface area (TPSA) is 94.2 Å². The van der Waals surface area contributed by atoms with Crippen molar-refractivity contribution in [3.8, 4) is 0 Å². The van der Waals surface area contributed by atoms with Crippen molar-refractivity contribution in [1.29, 1.82) is 0 Å². The molecule has 18 heavy (non-hydrogen) atoms. The molecule has 0 aliphatic heterocycles. The monoisotopic (exact) mass is 250 g/mol. The van der Waals surface area contributed by atoms with E-state index in [1.165, 1.54) is 17.8 Å². The fraction of sp³-hybridized carbons (Fsp3) is 0.500. The van der Waals surface area contributed by atoms with E-state index in [1.807, 2.05) is 13.8 Å². The molecule has 8 nitrogen and oxygen atoms in total. The number of imidazole rings is 1. The van der Waals surface area contributed by atoms with Gasteiger partial charge in [-0.1, -0.05) is 19.1 Å². The summed E-state index contributed by atoms with van der Waals surface area (Å²) in [6, 6.07) is 0. The maximum Gasteiger partial charge on any atom is 0.352 e. The molecule has 96 valence electrons. The van der Waals surface area contributed by atoms with Crippen LogP contribution < -0.4 is 11.0 Å². The number of hydrogen-bond acceptors (Lipinski definition) is 5. The lowest BCUT2D eigenvalue weighted by Crippen LogP contribution is -2.30. The zero-order valence-corrected chi connectivity index (χ0v) is 10.4. The summed E-state index contributed by atoms with van der Waals surface area (Å²) >= 11 is 0. The summed E-state index contributed by atoms with van der Waals surface area (Å²) in [5.41, 5.74) is -0.115. The van der Waals surface area contributed by atoms with Crippen LogP contribution in [0.2, 0.25) is 0 Å². The third-order valence-electron chi connectivity index (χ3n) is 2.38. The van der Waals surface area contributed by atoms with Crippen LogP contribution in [0.3, 0.4) is 0 Å². The van der Waals surface area contributed by atoms with Gasteiger partial charge in [0.15, 0.2) is 11.3 Å². The number of aromatic nitrogens is 5. The van der Waals surface area contributed by atoms with Crippen molar-refractivity contribution in [3.63, 3.8) is 0 Å². The highest BCUT2D eigenvalue weighted by molar-refractivity contribution is 5.97. The minimum atomic E-state index is -0.393. The molecule has 0 fully saturated rings. The molecule has 0 aliphatic rings. The summed E-state index contributed by atoms with van der Waals surface area (Å²) in [5, 5.41) is 10.2. The van der Waals surface area contributed by atoms with Gasteiger partial charge in [-0.25, -0.2) is 14.2 Å². The molecule has 0 unspecified atom stereocenters. The molecule has 2 heterocycles. The van der Waals surface area contributed by atoms with E-state index in [2.05, 4.69) is 20.6 Å². The van der Waals surface area contributed by atoms with Gasteiger partial charge in [0.25, 0.3) is 5.91 Å². The van der Waals surface area contributed by atoms with Crippen molar-refractivity contribution in [2.24, 2.45) is 13.0 Å². The lowest BCUT2D eigenvalue weighted by molar-refractivity contribution is 0.0946. The largest absolute Gasteiger partial charge is 0.352 e. The van der Waals surface area contributed by atoms with Crippen molar-refractivity contribution in [2.45, 2.75) is 13.8 Å². The number of fused-ring (bicyclic) bond motifs is 1. The molecule has 0 saturated carbocycles. The molecule has 0 aromatic carbocycles. The summed E-state index contributed by atoms with van der Waals surface area (Å²) in [7, 11) is 1.48. The van der Waals surface area contributed by atoms with Crippen molar-refractivity contribution in [1.82, 2.24) is 29.7 Å². The Bertz CT molecular complexity index is 641. The quantitative estimate of drug-likeness (QED) is 0.770. The van der Waals surface area contributed by atoms with Crippen LogP contribution in [0.5, 0.6) is 0 Å². The van der Waals surface area contributed by atoms with Gasteiger partial charge in [0.05, 0.1) is 0 Å². The van der Waals surface area contributed by atoms with Crippen LogP contribution in [0.25, 0.3) is 5.65 Å². The Kier molecular flexibility index (Phi) is 3.09. The average Bonchev–Trinajstić information content (AvgIpc) is 2.75. The van der Waals surface area contributed by atoms with Crippen LogP contribution in [-0.2, 0) is 7.05 Å². The molecule has 2 aromatic rings. The summed E-state index contributed by atoms with van der Waals surface area (Å²) in [4.78, 5) is 27.4. The van der Waals surface area contributed by atoms with Crippen molar-refractivity contribution in [2.75, 3.05) is 6.54 Å². The Balaban J connectivity index is 2.38. The standard InChI is InChI=1S/C10H14N6O2/c1-6(2)4-11-9(17)7-8-13-14-15(3)10(18)16(8)5-12-7/h5-6H,4H2,1-3H3,(H,11,17). The number of carbonyl (C=O) groups is 1. The van der Waals surface area contributed by atoms with Crippen molar-refractivity contribution < 1.29 is 4.79 Å². The Morgan fingerprint density at radius 1 is 1.50 bits per heavy atom. The molecule has 1 N–H and O–H groups in total. The number of aryl methyl sites for hydroxylation is 1. The highest BCUT2D eigenvalue weighted by atomic mass is 16.2. The van der Waals surface area contributed by atoms with Gasteiger partial charge in [0.1, 0.15) is 6.33 Å². The van der Waals surface area contributed by atoms with E-state index in [-0.39, 0.29) is 17.2 Å². The van der Waals surface area contributed by atoms with Gasteiger partial charge in [0, 0.05) is 13.6 Å². The van der Waals surface area contributed by atoms with Crippen molar-refractivity contribution >= 4 is 11.6 Å². The third kappa shape index (κ3) is 2.08. The normalized spacial score (nSPS) is 11.1. The van der Waals surface area contributed by atoms with Crippen LogP contribution in [-0.4, -0.2) is 36.8 Å². The first-order chi connectivity index (χ1) is 8.50. The zero-order valence-electron chi connectivity index (χ0n) is 10.4. The molecule has 0 radical (unpaired) electrons. The number of rotatable bonds is 3. The van der Waals surface area contributed by atoms with Crippen LogP contribution in [0, 0.1) is 5.92 Å². The number of nitrogens with one attached hydrogen (secondary N) is 1. The van der Waals surface area contributed by atoms with Gasteiger partial charge >= 0.3 is 5.69 Å². The molecule has 0 bridgehead atoms. The van der Waals surface area contributed by atoms with Gasteiger partial charge in [0.2, 0.25) is 0 Å². The molecular weight excluding hydrogens is 236 g/mol. The number of hydrogen-bond donors (Lipinski definition) is 1. The maximum absolute atomic E-state index is 11.9. The van der Waals surface area contributed by atoms with E-state index in [0.29, 0.717) is 12.5 Å². The summed E-state index contributed by atoms with van der Waals surface area (Å²) in [6.07, 6.45) is 1.27. The molecule has 0 atom stereocenters. The zero-order chi connectivity index (χ0) is 13.3. The Morgan fingerprint density at radius 2 is 2.22 bits per heavy atom. The van der Waals surface area contributed by atoms with Crippen LogP contribution in [0.1, 0.15) is 24.3 Å². The van der Waals surface area contributed by atoms with E-state index in [9.17, 15) is 9.59 Å². The third-order valence-corrected chi connectivity index (χ3v) is 2.38. The molecule has 2 rings (SSSR count). The van der Waals surface area contributed by atoms with Gasteiger partial charge in [-0.05, 0) is 5.92 Å². The van der Waals surface area contributed by atoms with E-state index >= 15 is 0 Å². The van der Waals surface area contributed by atoms with E-state index in [0.717, 1.165) is 4.68 Å². The maximum atomic E-state index is 11.9. The number of amides is 1. The molecule has 0 aliphatic carbocycles. The van der Waals surface area contributed by atoms with E-state index < -0.39 is 5.69 Å². The second-order valence-electron chi connectivity index (χ2n) is 4.39. The lowest BCUT2D eigenvalue weighted by atomic mass is 10.2. The fourth-order valence-electron chi connectivity index (χ4n) is 1.42. The SMILES string of the molecule is CC(C)CNC(=O)c1ncn2c(=O)n(C)nnc12. The lowest BCUT2D eigenvalue weighted by Gasteiger charge is -2.05. The summed E-state index contributed by atoms with van der Waals surface area (Å²) in [5.74, 6) is -0.0180. The van der Waals surface area contributed by atoms with Gasteiger partial charge in [-0.3, -0.25) is 4.79 Å². The average molecular weight is 250 g/mol. The van der Waals surface area contributed by atoms with Crippen LogP contribution in [0.4, 0.5) is 0 Å². The predicted molar refractivity (Wildman–Crippen MR) is 63.2 cm³/mol. The summed E-state index contributed by atoms with van der Waals surface area (Å²) in [6.45, 7) is 4.51. The Hall–Kier alpha value is -2.25. The number of carbonyl (C=O) groups excluding carboxylic acids is 1. The first-order valence-corrected chi connectivity index (χ1v) is 5.56. The minimum Gasteiger partial charge on any atom is -0.350 e. The molecule has 1 amide bonds. The molecule has 0 saturated heterocycles. The highest BCUT2D eigenvalue weighted by Gasteiger charge is 2.16. The van der Waals surface area contributed by atoms with Gasteiger partial charge < -0.3 is 5.32 Å². The molecule has 0 spiro atoms. The molecule has 8 heteroatoms. The van der Waals surface area contributed by atoms with Gasteiger partial charge in [-0.2, -0.15) is 4.68 Å². The molecular formula is C10H14N6O2. The van der Waals surface area contributed by atoms with E-state index in [1.54, 1.807) is 0 Å². The first kappa shape index (κ1) is 12.2. The Labute approximate surface area is 103 Å². The van der Waals surface area contributed by atoms with Gasteiger partial charge in [-0.15, -0.1) is 5.10 Å². The predicted octanol–water partition coefficient (Wildman–Crippen LogP) is -0.791. The highest BCUT2D eigenvalue weighted by Crippen LogP contribution is 2.02. The van der Waals surface area contributed by atoms with Crippen LogP contribution in [0.15, 0.2) is 11.1 Å².